The molecule has 2 rings (SSSR count). The van der Waals surface area contributed by atoms with Crippen molar-refractivity contribution in [1.29, 1.82) is 0 Å². The molecule has 0 aliphatic carbocycles. The summed E-state index contributed by atoms with van der Waals surface area (Å²) in [5.41, 5.74) is 4.66. The lowest BCUT2D eigenvalue weighted by molar-refractivity contribution is -0.124. The number of fused-ring (bicyclic) bond motifs is 1. The Labute approximate surface area is 174 Å². The highest BCUT2D eigenvalue weighted by Gasteiger charge is 2.20. The second-order valence-electron chi connectivity index (χ2n) is 9.40. The molecule has 0 saturated heterocycles. The van der Waals surface area contributed by atoms with Crippen LogP contribution in [-0.4, -0.2) is 44.2 Å². The Morgan fingerprint density at radius 2 is 1.90 bits per heavy atom. The number of hydroxylamine groups is 1. The molecule has 0 fully saturated rings. The number of aromatic nitrogens is 2. The fourth-order valence-electron chi connectivity index (χ4n) is 3.70. The van der Waals surface area contributed by atoms with Gasteiger partial charge in [-0.2, -0.15) is 0 Å². The molecular formula is C23H36N4O2. The molecule has 0 saturated carbocycles. The molecule has 1 heterocycles. The number of rotatable bonds is 8. The summed E-state index contributed by atoms with van der Waals surface area (Å²) < 4.78 is 2.34. The van der Waals surface area contributed by atoms with Crippen LogP contribution < -0.4 is 5.48 Å². The molecule has 0 atom stereocenters. The van der Waals surface area contributed by atoms with E-state index in [2.05, 4.69) is 64.0 Å². The number of amides is 1. The molecule has 0 aliphatic heterocycles. The molecule has 0 aliphatic rings. The minimum atomic E-state index is -0.550. The molecular weight excluding hydrogens is 364 g/mol. The highest BCUT2D eigenvalue weighted by Crippen LogP contribution is 2.25. The minimum absolute atomic E-state index is 0.136. The molecule has 1 aromatic heterocycles. The predicted molar refractivity (Wildman–Crippen MR) is 119 cm³/mol. The average Bonchev–Trinajstić information content (AvgIpc) is 2.93. The van der Waals surface area contributed by atoms with E-state index in [1.165, 1.54) is 6.08 Å². The summed E-state index contributed by atoms with van der Waals surface area (Å²) in [7, 11) is 0. The zero-order valence-corrected chi connectivity index (χ0v) is 18.9. The van der Waals surface area contributed by atoms with Crippen molar-refractivity contribution >= 4 is 23.0 Å². The first-order chi connectivity index (χ1) is 13.5. The van der Waals surface area contributed by atoms with Crippen LogP contribution in [0.25, 0.3) is 17.1 Å². The molecule has 0 radical (unpaired) electrons. The molecule has 29 heavy (non-hydrogen) atoms. The second-order valence-corrected chi connectivity index (χ2v) is 9.40. The van der Waals surface area contributed by atoms with Crippen LogP contribution in [0.3, 0.4) is 0 Å². The lowest BCUT2D eigenvalue weighted by Gasteiger charge is -2.31. The van der Waals surface area contributed by atoms with Crippen LogP contribution in [0.2, 0.25) is 0 Å². The van der Waals surface area contributed by atoms with E-state index >= 15 is 0 Å². The standard InChI is InChI=1S/C23H36N4O2/c1-16(2)26(17(3)4)12-13-27-20-10-8-18(9-11-22(28)25-29)14-19(20)24-21(27)15-23(5,6)7/h8-11,14,16-17,29H,12-13,15H2,1-7H3,(H,25,28)/b11-9+. The van der Waals surface area contributed by atoms with E-state index in [0.717, 1.165) is 41.9 Å². The molecule has 2 aromatic rings. The Hall–Kier alpha value is -2.18. The van der Waals surface area contributed by atoms with E-state index in [9.17, 15) is 4.79 Å². The van der Waals surface area contributed by atoms with Crippen molar-refractivity contribution in [2.24, 2.45) is 5.41 Å². The van der Waals surface area contributed by atoms with Gasteiger partial charge >= 0.3 is 0 Å². The third-order valence-corrected chi connectivity index (χ3v) is 4.99. The first-order valence-electron chi connectivity index (χ1n) is 10.4. The second kappa shape index (κ2) is 9.55. The molecule has 0 bridgehead atoms. The van der Waals surface area contributed by atoms with Crippen molar-refractivity contribution in [2.45, 2.75) is 73.5 Å². The SMILES string of the molecule is CC(C)N(CCn1c(CC(C)(C)C)nc2cc(/C=C/C(=O)NO)ccc21)C(C)C. The van der Waals surface area contributed by atoms with Crippen molar-refractivity contribution in [2.75, 3.05) is 6.54 Å². The molecule has 0 unspecified atom stereocenters. The van der Waals surface area contributed by atoms with E-state index in [0.29, 0.717) is 12.1 Å². The van der Waals surface area contributed by atoms with E-state index in [4.69, 9.17) is 10.2 Å². The van der Waals surface area contributed by atoms with E-state index in [-0.39, 0.29) is 5.41 Å². The summed E-state index contributed by atoms with van der Waals surface area (Å²) in [6.07, 6.45) is 3.87. The van der Waals surface area contributed by atoms with Crippen LogP contribution in [0.15, 0.2) is 24.3 Å². The monoisotopic (exact) mass is 400 g/mol. The summed E-state index contributed by atoms with van der Waals surface area (Å²) >= 11 is 0. The Kier molecular flexibility index (Phi) is 7.60. The molecule has 6 heteroatoms. The van der Waals surface area contributed by atoms with Gasteiger partial charge in [0.1, 0.15) is 5.82 Å². The maximum atomic E-state index is 11.3. The first-order valence-corrected chi connectivity index (χ1v) is 10.4. The molecule has 0 spiro atoms. The van der Waals surface area contributed by atoms with E-state index in [1.54, 1.807) is 11.6 Å². The highest BCUT2D eigenvalue weighted by molar-refractivity contribution is 5.91. The summed E-state index contributed by atoms with van der Waals surface area (Å²) in [5, 5.41) is 8.64. The van der Waals surface area contributed by atoms with Crippen LogP contribution in [0.4, 0.5) is 0 Å². The van der Waals surface area contributed by atoms with Crippen molar-refractivity contribution in [3.63, 3.8) is 0 Å². The van der Waals surface area contributed by atoms with Crippen LogP contribution in [-0.2, 0) is 17.8 Å². The highest BCUT2D eigenvalue weighted by atomic mass is 16.5. The van der Waals surface area contributed by atoms with Gasteiger partial charge in [-0.05, 0) is 56.9 Å². The number of hydrogen-bond acceptors (Lipinski definition) is 4. The van der Waals surface area contributed by atoms with Crippen LogP contribution in [0.1, 0.15) is 59.9 Å². The Morgan fingerprint density at radius 1 is 1.24 bits per heavy atom. The van der Waals surface area contributed by atoms with Gasteiger partial charge in [-0.25, -0.2) is 10.5 Å². The summed E-state index contributed by atoms with van der Waals surface area (Å²) in [6.45, 7) is 17.5. The molecule has 160 valence electrons. The van der Waals surface area contributed by atoms with Gasteiger partial charge in [0.25, 0.3) is 5.91 Å². The van der Waals surface area contributed by atoms with Gasteiger partial charge < -0.3 is 4.57 Å². The third kappa shape index (κ3) is 6.41. The normalized spacial score (nSPS) is 12.8. The number of carbonyl (C=O) groups excluding carboxylic acids is 1. The van der Waals surface area contributed by atoms with Crippen molar-refractivity contribution < 1.29 is 10.0 Å². The smallest absolute Gasteiger partial charge is 0.267 e. The quantitative estimate of drug-likeness (QED) is 0.395. The van der Waals surface area contributed by atoms with Gasteiger partial charge in [0.15, 0.2) is 0 Å². The number of benzene rings is 1. The number of carbonyl (C=O) groups is 1. The molecule has 2 N–H and O–H groups in total. The van der Waals surface area contributed by atoms with E-state index < -0.39 is 5.91 Å². The zero-order chi connectivity index (χ0) is 21.8. The number of nitrogens with one attached hydrogen (secondary N) is 1. The summed E-state index contributed by atoms with van der Waals surface area (Å²) in [5.74, 6) is 0.542. The summed E-state index contributed by atoms with van der Waals surface area (Å²) in [4.78, 5) is 18.7. The minimum Gasteiger partial charge on any atom is -0.327 e. The average molecular weight is 401 g/mol. The van der Waals surface area contributed by atoms with Gasteiger partial charge in [-0.15, -0.1) is 0 Å². The first kappa shape index (κ1) is 23.1. The number of hydrogen-bond donors (Lipinski definition) is 2. The van der Waals surface area contributed by atoms with Gasteiger partial charge in [0.2, 0.25) is 0 Å². The van der Waals surface area contributed by atoms with Crippen LogP contribution in [0, 0.1) is 5.41 Å². The molecule has 6 nitrogen and oxygen atoms in total. The molecule has 1 amide bonds. The van der Waals surface area contributed by atoms with Gasteiger partial charge in [0, 0.05) is 37.7 Å². The van der Waals surface area contributed by atoms with Crippen molar-refractivity contribution in [3.8, 4) is 0 Å². The van der Waals surface area contributed by atoms with Gasteiger partial charge in [-0.3, -0.25) is 14.9 Å². The lowest BCUT2D eigenvalue weighted by Crippen LogP contribution is -2.39. The largest absolute Gasteiger partial charge is 0.327 e. The van der Waals surface area contributed by atoms with Gasteiger partial charge in [-0.1, -0.05) is 26.8 Å². The van der Waals surface area contributed by atoms with Crippen molar-refractivity contribution in [3.05, 3.63) is 35.7 Å². The maximum Gasteiger partial charge on any atom is 0.267 e. The predicted octanol–water partition coefficient (Wildman–Crippen LogP) is 4.26. The van der Waals surface area contributed by atoms with E-state index in [1.807, 2.05) is 12.1 Å². The van der Waals surface area contributed by atoms with Crippen LogP contribution >= 0.6 is 0 Å². The van der Waals surface area contributed by atoms with Crippen molar-refractivity contribution in [1.82, 2.24) is 19.9 Å². The fourth-order valence-corrected chi connectivity index (χ4v) is 3.70. The van der Waals surface area contributed by atoms with Gasteiger partial charge in [0.05, 0.1) is 11.0 Å². The lowest BCUT2D eigenvalue weighted by atomic mass is 9.92. The van der Waals surface area contributed by atoms with Crippen LogP contribution in [0.5, 0.6) is 0 Å². The number of imidazole rings is 1. The third-order valence-electron chi connectivity index (χ3n) is 4.99. The molecule has 1 aromatic carbocycles. The summed E-state index contributed by atoms with van der Waals surface area (Å²) in [6, 6.07) is 7.02. The zero-order valence-electron chi connectivity index (χ0n) is 18.9. The topological polar surface area (TPSA) is 70.4 Å². The fraction of sp³-hybridized carbons (Fsp3) is 0.565. The maximum absolute atomic E-state index is 11.3. The number of nitrogens with zero attached hydrogens (tertiary/aromatic N) is 3. The Bertz CT molecular complexity index is 852. The Morgan fingerprint density at radius 3 is 2.45 bits per heavy atom. The Balaban J connectivity index is 2.40.